The molecule has 0 unspecified atom stereocenters. The van der Waals surface area contributed by atoms with Crippen molar-refractivity contribution in [1.82, 2.24) is 25.2 Å². The maximum atomic E-state index is 13.4. The molecule has 146 valence electrons. The van der Waals surface area contributed by atoms with E-state index in [1.54, 1.807) is 18.2 Å². The molecule has 1 aromatic carbocycles. The van der Waals surface area contributed by atoms with E-state index in [4.69, 9.17) is 8.94 Å². The molecule has 0 saturated heterocycles. The predicted molar refractivity (Wildman–Crippen MR) is 97.7 cm³/mol. The van der Waals surface area contributed by atoms with E-state index in [0.29, 0.717) is 11.3 Å². The third-order valence-corrected chi connectivity index (χ3v) is 3.93. The lowest BCUT2D eigenvalue weighted by Gasteiger charge is -2.06. The first-order chi connectivity index (χ1) is 14.1. The van der Waals surface area contributed by atoms with Crippen molar-refractivity contribution < 1.29 is 18.1 Å². The monoisotopic (exact) mass is 395 g/mol. The van der Waals surface area contributed by atoms with Crippen LogP contribution >= 0.6 is 0 Å². The number of rotatable bonds is 6. The number of halogens is 1. The first kappa shape index (κ1) is 18.3. The number of hydrogen-bond acceptors (Lipinski definition) is 7. The molecule has 4 aromatic rings. The highest BCUT2D eigenvalue weighted by Gasteiger charge is 2.15. The van der Waals surface area contributed by atoms with Crippen LogP contribution in [-0.4, -0.2) is 25.8 Å². The van der Waals surface area contributed by atoms with E-state index in [-0.39, 0.29) is 30.5 Å². The molecule has 0 bridgehead atoms. The van der Waals surface area contributed by atoms with E-state index in [1.165, 1.54) is 36.6 Å². The van der Waals surface area contributed by atoms with Crippen LogP contribution in [0.5, 0.6) is 0 Å². The SMILES string of the molecule is O=C(Cn1nc(-c2nc(-c3cccc(F)c3)no2)ccc1=O)NCc1ccco1. The fourth-order valence-electron chi connectivity index (χ4n) is 2.54. The molecule has 1 amide bonds. The Morgan fingerprint density at radius 2 is 2.07 bits per heavy atom. The van der Waals surface area contributed by atoms with Gasteiger partial charge in [0.25, 0.3) is 11.4 Å². The number of aromatic nitrogens is 4. The molecule has 0 aliphatic rings. The van der Waals surface area contributed by atoms with Gasteiger partial charge in [-0.25, -0.2) is 9.07 Å². The molecule has 3 aromatic heterocycles. The molecular weight excluding hydrogens is 381 g/mol. The minimum atomic E-state index is -0.466. The van der Waals surface area contributed by atoms with Gasteiger partial charge in [-0.15, -0.1) is 0 Å². The maximum Gasteiger partial charge on any atom is 0.278 e. The van der Waals surface area contributed by atoms with Gasteiger partial charge in [0.05, 0.1) is 12.8 Å². The molecule has 9 nitrogen and oxygen atoms in total. The topological polar surface area (TPSA) is 116 Å². The standard InChI is InChI=1S/C19H14FN5O4/c20-13-4-1-3-12(9-13)18-22-19(29-24-18)15-6-7-17(27)25(23-15)11-16(26)21-10-14-5-2-8-28-14/h1-9H,10-11H2,(H,21,26). The first-order valence-electron chi connectivity index (χ1n) is 8.56. The zero-order chi connectivity index (χ0) is 20.2. The van der Waals surface area contributed by atoms with Crippen molar-refractivity contribution in [2.24, 2.45) is 0 Å². The van der Waals surface area contributed by atoms with Crippen LogP contribution in [0.2, 0.25) is 0 Å². The highest BCUT2D eigenvalue weighted by Crippen LogP contribution is 2.20. The molecule has 0 saturated carbocycles. The Morgan fingerprint density at radius 3 is 2.86 bits per heavy atom. The lowest BCUT2D eigenvalue weighted by atomic mass is 10.2. The van der Waals surface area contributed by atoms with E-state index >= 15 is 0 Å². The Hall–Kier alpha value is -4.08. The van der Waals surface area contributed by atoms with Crippen LogP contribution in [0.4, 0.5) is 4.39 Å². The van der Waals surface area contributed by atoms with Crippen LogP contribution in [0.15, 0.2) is 68.5 Å². The third kappa shape index (κ3) is 4.26. The number of carbonyl (C=O) groups is 1. The third-order valence-electron chi connectivity index (χ3n) is 3.93. The van der Waals surface area contributed by atoms with Crippen molar-refractivity contribution in [2.45, 2.75) is 13.1 Å². The Kier molecular flexibility index (Phi) is 4.97. The highest BCUT2D eigenvalue weighted by molar-refractivity contribution is 5.75. The number of nitrogens with zero attached hydrogens (tertiary/aromatic N) is 4. The second-order valence-electron chi connectivity index (χ2n) is 6.00. The van der Waals surface area contributed by atoms with Crippen molar-refractivity contribution in [3.05, 3.63) is 76.7 Å². The average molecular weight is 395 g/mol. The summed E-state index contributed by atoms with van der Waals surface area (Å²) in [4.78, 5) is 28.3. The van der Waals surface area contributed by atoms with Crippen molar-refractivity contribution in [3.63, 3.8) is 0 Å². The molecule has 0 spiro atoms. The van der Waals surface area contributed by atoms with Gasteiger partial charge in [-0.3, -0.25) is 9.59 Å². The summed E-state index contributed by atoms with van der Waals surface area (Å²) >= 11 is 0. The van der Waals surface area contributed by atoms with Gasteiger partial charge in [0.15, 0.2) is 0 Å². The van der Waals surface area contributed by atoms with Crippen molar-refractivity contribution in [3.8, 4) is 23.0 Å². The summed E-state index contributed by atoms with van der Waals surface area (Å²) in [5, 5.41) is 10.5. The van der Waals surface area contributed by atoms with Gasteiger partial charge in [-0.2, -0.15) is 10.1 Å². The van der Waals surface area contributed by atoms with Crippen LogP contribution in [0.25, 0.3) is 23.0 Å². The molecule has 1 N–H and O–H groups in total. The van der Waals surface area contributed by atoms with E-state index in [2.05, 4.69) is 20.6 Å². The average Bonchev–Trinajstić information content (AvgIpc) is 3.40. The van der Waals surface area contributed by atoms with Gasteiger partial charge in [0.1, 0.15) is 23.8 Å². The lowest BCUT2D eigenvalue weighted by Crippen LogP contribution is -2.33. The Balaban J connectivity index is 1.51. The summed E-state index contributed by atoms with van der Waals surface area (Å²) in [6.07, 6.45) is 1.50. The smallest absolute Gasteiger partial charge is 0.278 e. The summed E-state index contributed by atoms with van der Waals surface area (Å²) in [5.74, 6) is -0.0485. The summed E-state index contributed by atoms with van der Waals surface area (Å²) in [6.45, 7) is -0.0980. The lowest BCUT2D eigenvalue weighted by molar-refractivity contribution is -0.122. The number of nitrogens with one attached hydrogen (secondary N) is 1. The Bertz CT molecular complexity index is 1200. The Morgan fingerprint density at radius 1 is 1.17 bits per heavy atom. The fourth-order valence-corrected chi connectivity index (χ4v) is 2.54. The van der Waals surface area contributed by atoms with Crippen molar-refractivity contribution in [2.75, 3.05) is 0 Å². The molecule has 0 aliphatic carbocycles. The summed E-state index contributed by atoms with van der Waals surface area (Å²) in [7, 11) is 0. The molecule has 4 rings (SSSR count). The highest BCUT2D eigenvalue weighted by atomic mass is 19.1. The molecule has 0 aliphatic heterocycles. The molecule has 0 radical (unpaired) electrons. The van der Waals surface area contributed by atoms with Crippen molar-refractivity contribution in [1.29, 1.82) is 0 Å². The van der Waals surface area contributed by atoms with Crippen molar-refractivity contribution >= 4 is 5.91 Å². The molecule has 3 heterocycles. The second-order valence-corrected chi connectivity index (χ2v) is 6.00. The Labute approximate surface area is 162 Å². The number of hydrogen-bond donors (Lipinski definition) is 1. The fraction of sp³-hybridized carbons (Fsp3) is 0.105. The number of amides is 1. The second kappa shape index (κ2) is 7.89. The number of carbonyl (C=O) groups excluding carboxylic acids is 1. The van der Waals surface area contributed by atoms with E-state index in [1.807, 2.05) is 0 Å². The van der Waals surface area contributed by atoms with Gasteiger partial charge in [-0.05, 0) is 30.3 Å². The van der Waals surface area contributed by atoms with Crippen LogP contribution in [0, 0.1) is 5.82 Å². The van der Waals surface area contributed by atoms with E-state index in [9.17, 15) is 14.0 Å². The normalized spacial score (nSPS) is 10.8. The van der Waals surface area contributed by atoms with Gasteiger partial charge in [0.2, 0.25) is 11.7 Å². The van der Waals surface area contributed by atoms with Crippen LogP contribution in [0.1, 0.15) is 5.76 Å². The largest absolute Gasteiger partial charge is 0.467 e. The summed E-state index contributed by atoms with van der Waals surface area (Å²) in [6, 6.07) is 11.8. The van der Waals surface area contributed by atoms with Gasteiger partial charge in [-0.1, -0.05) is 17.3 Å². The van der Waals surface area contributed by atoms with E-state index < -0.39 is 17.3 Å². The molecule has 0 fully saturated rings. The zero-order valence-corrected chi connectivity index (χ0v) is 14.9. The predicted octanol–water partition coefficient (Wildman–Crippen LogP) is 2.01. The minimum Gasteiger partial charge on any atom is -0.467 e. The minimum absolute atomic E-state index is 0.0361. The molecule has 0 atom stereocenters. The maximum absolute atomic E-state index is 13.4. The van der Waals surface area contributed by atoms with Crippen LogP contribution < -0.4 is 10.9 Å². The van der Waals surface area contributed by atoms with Crippen LogP contribution in [-0.2, 0) is 17.9 Å². The van der Waals surface area contributed by atoms with Gasteiger partial charge in [0, 0.05) is 11.6 Å². The summed E-state index contributed by atoms with van der Waals surface area (Å²) in [5.41, 5.74) is 0.177. The van der Waals surface area contributed by atoms with E-state index in [0.717, 1.165) is 4.68 Å². The summed E-state index contributed by atoms with van der Waals surface area (Å²) < 4.78 is 24.7. The number of furan rings is 1. The zero-order valence-electron chi connectivity index (χ0n) is 14.9. The van der Waals surface area contributed by atoms with Gasteiger partial charge < -0.3 is 14.3 Å². The first-order valence-corrected chi connectivity index (χ1v) is 8.56. The molecule has 29 heavy (non-hydrogen) atoms. The quantitative estimate of drug-likeness (QED) is 0.531. The molecule has 10 heteroatoms. The molecular formula is C19H14FN5O4. The number of benzene rings is 1. The van der Waals surface area contributed by atoms with Crippen LogP contribution in [0.3, 0.4) is 0 Å². The van der Waals surface area contributed by atoms with Gasteiger partial charge >= 0.3 is 0 Å².